The molecule has 0 bridgehead atoms. The van der Waals surface area contributed by atoms with Gasteiger partial charge in [0.1, 0.15) is 10.7 Å². The van der Waals surface area contributed by atoms with E-state index in [1.165, 1.54) is 11.3 Å². The molecule has 1 aromatic carbocycles. The number of pyridine rings is 1. The van der Waals surface area contributed by atoms with Crippen molar-refractivity contribution in [2.75, 3.05) is 0 Å². The summed E-state index contributed by atoms with van der Waals surface area (Å²) in [5.41, 5.74) is 3.22. The van der Waals surface area contributed by atoms with Gasteiger partial charge in [-0.3, -0.25) is 4.79 Å². The molecule has 0 radical (unpaired) electrons. The highest BCUT2D eigenvalue weighted by atomic mass is 32.1. The first-order valence-corrected chi connectivity index (χ1v) is 9.26. The van der Waals surface area contributed by atoms with Crippen molar-refractivity contribution in [3.8, 4) is 22.4 Å². The van der Waals surface area contributed by atoms with Gasteiger partial charge in [0.15, 0.2) is 10.8 Å². The van der Waals surface area contributed by atoms with Crippen LogP contribution >= 0.6 is 11.3 Å². The highest BCUT2D eigenvalue weighted by Crippen LogP contribution is 2.33. The van der Waals surface area contributed by atoms with Gasteiger partial charge in [-0.25, -0.2) is 4.98 Å². The van der Waals surface area contributed by atoms with E-state index in [1.54, 1.807) is 6.07 Å². The molecule has 0 aliphatic heterocycles. The molecule has 4 nitrogen and oxygen atoms in total. The van der Waals surface area contributed by atoms with Crippen LogP contribution in [0.3, 0.4) is 0 Å². The van der Waals surface area contributed by atoms with Crippen LogP contribution in [0.1, 0.15) is 47.0 Å². The van der Waals surface area contributed by atoms with Crippen LogP contribution in [-0.2, 0) is 6.42 Å². The topological polar surface area (TPSA) is 55.7 Å². The number of carbonyl (C=O) groups excluding carboxylic acids is 1. The maximum absolute atomic E-state index is 12.2. The van der Waals surface area contributed by atoms with Gasteiger partial charge in [0.2, 0.25) is 0 Å². The summed E-state index contributed by atoms with van der Waals surface area (Å²) in [5, 5.41) is 9.84. The van der Waals surface area contributed by atoms with E-state index >= 15 is 0 Å². The Hall–Kier alpha value is -2.84. The van der Waals surface area contributed by atoms with Crippen molar-refractivity contribution >= 4 is 17.1 Å². The van der Waals surface area contributed by atoms with E-state index in [1.807, 2.05) is 36.4 Å². The second-order valence-corrected chi connectivity index (χ2v) is 8.14. The zero-order chi connectivity index (χ0) is 18.1. The van der Waals surface area contributed by atoms with Gasteiger partial charge >= 0.3 is 0 Å². The monoisotopic (exact) mass is 359 g/mol. The van der Waals surface area contributed by atoms with Crippen molar-refractivity contribution in [2.45, 2.75) is 26.7 Å². The number of fused-ring (bicyclic) bond motifs is 1. The maximum Gasteiger partial charge on any atom is 0.191 e. The first kappa shape index (κ1) is 16.6. The molecular weight excluding hydrogens is 342 g/mol. The predicted octanol–water partition coefficient (Wildman–Crippen LogP) is 4.16. The summed E-state index contributed by atoms with van der Waals surface area (Å²) in [5.74, 6) is 6.26. The Morgan fingerprint density at radius 1 is 1.00 bits per heavy atom. The number of aromatic nitrogens is 3. The molecule has 128 valence electrons. The number of carbonyl (C=O) groups is 1. The standard InChI is InChI=1S/C21H17N3OS/c1-21(2)12-17-16(18(25)13-21)10-8-15(22-17)9-11-19-23-24-20(26-19)14-6-4-3-5-7-14/h3-8,10H,12-13H2,1-2H3. The van der Waals surface area contributed by atoms with Gasteiger partial charge in [-0.2, -0.15) is 0 Å². The minimum atomic E-state index is -0.0487. The third-order valence-corrected chi connectivity index (χ3v) is 5.19. The van der Waals surface area contributed by atoms with Gasteiger partial charge in [0.05, 0.1) is 5.69 Å². The molecule has 26 heavy (non-hydrogen) atoms. The highest BCUT2D eigenvalue weighted by molar-refractivity contribution is 7.15. The molecule has 4 rings (SSSR count). The van der Waals surface area contributed by atoms with Crippen LogP contribution < -0.4 is 0 Å². The third kappa shape index (κ3) is 3.42. The smallest absolute Gasteiger partial charge is 0.191 e. The summed E-state index contributed by atoms with van der Waals surface area (Å²) in [4.78, 5) is 16.8. The Bertz CT molecular complexity index is 1040. The second-order valence-electron chi connectivity index (χ2n) is 7.16. The molecule has 0 amide bonds. The summed E-state index contributed by atoms with van der Waals surface area (Å²) < 4.78 is 0. The summed E-state index contributed by atoms with van der Waals surface area (Å²) in [6, 6.07) is 13.6. The molecule has 0 spiro atoms. The van der Waals surface area contributed by atoms with Crippen molar-refractivity contribution in [3.63, 3.8) is 0 Å². The van der Waals surface area contributed by atoms with Crippen molar-refractivity contribution in [3.05, 3.63) is 64.4 Å². The molecule has 0 atom stereocenters. The number of rotatable bonds is 1. The molecule has 1 aliphatic rings. The Morgan fingerprint density at radius 2 is 1.81 bits per heavy atom. The van der Waals surface area contributed by atoms with Crippen LogP contribution in [0.5, 0.6) is 0 Å². The van der Waals surface area contributed by atoms with Crippen LogP contribution in [0.2, 0.25) is 0 Å². The number of hydrogen-bond donors (Lipinski definition) is 0. The lowest BCUT2D eigenvalue weighted by Crippen LogP contribution is -2.28. The maximum atomic E-state index is 12.2. The first-order chi connectivity index (χ1) is 12.5. The van der Waals surface area contributed by atoms with Crippen molar-refractivity contribution < 1.29 is 4.79 Å². The molecule has 2 heterocycles. The van der Waals surface area contributed by atoms with Crippen LogP contribution in [0, 0.1) is 17.3 Å². The van der Waals surface area contributed by atoms with E-state index in [4.69, 9.17) is 0 Å². The fourth-order valence-corrected chi connectivity index (χ4v) is 3.80. The van der Waals surface area contributed by atoms with E-state index in [0.717, 1.165) is 28.2 Å². The zero-order valence-electron chi connectivity index (χ0n) is 14.6. The summed E-state index contributed by atoms with van der Waals surface area (Å²) in [6.07, 6.45) is 1.36. The SMILES string of the molecule is CC1(C)CC(=O)c2ccc(C#Cc3nnc(-c4ccccc4)s3)nc2C1. The molecular formula is C21H17N3OS. The molecule has 5 heteroatoms. The van der Waals surface area contributed by atoms with Crippen LogP contribution in [0.15, 0.2) is 42.5 Å². The predicted molar refractivity (Wildman–Crippen MR) is 102 cm³/mol. The van der Waals surface area contributed by atoms with Gasteiger partial charge in [0, 0.05) is 17.5 Å². The fraction of sp³-hybridized carbons (Fsp3) is 0.238. The molecule has 1 aliphatic carbocycles. The van der Waals surface area contributed by atoms with Gasteiger partial charge in [0.25, 0.3) is 0 Å². The van der Waals surface area contributed by atoms with Crippen molar-refractivity contribution in [1.82, 2.24) is 15.2 Å². The van der Waals surface area contributed by atoms with Gasteiger partial charge in [-0.15, -0.1) is 10.2 Å². The molecule has 0 saturated carbocycles. The lowest BCUT2D eigenvalue weighted by molar-refractivity contribution is 0.0910. The van der Waals surface area contributed by atoms with Gasteiger partial charge in [-0.1, -0.05) is 55.5 Å². The fourth-order valence-electron chi connectivity index (χ4n) is 3.09. The number of nitrogens with zero attached hydrogens (tertiary/aromatic N) is 3. The lowest BCUT2D eigenvalue weighted by atomic mass is 9.75. The highest BCUT2D eigenvalue weighted by Gasteiger charge is 2.31. The molecule has 0 fully saturated rings. The van der Waals surface area contributed by atoms with E-state index in [9.17, 15) is 4.79 Å². The van der Waals surface area contributed by atoms with Crippen molar-refractivity contribution in [2.24, 2.45) is 5.41 Å². The second kappa shape index (κ2) is 6.47. The quantitative estimate of drug-likeness (QED) is 0.612. The minimum absolute atomic E-state index is 0.0487. The van der Waals surface area contributed by atoms with Crippen LogP contribution in [-0.4, -0.2) is 21.0 Å². The average molecular weight is 359 g/mol. The number of ketones is 1. The van der Waals surface area contributed by atoms with Crippen LogP contribution in [0.4, 0.5) is 0 Å². The lowest BCUT2D eigenvalue weighted by Gasteiger charge is -2.29. The average Bonchev–Trinajstić information content (AvgIpc) is 3.08. The molecule has 3 aromatic rings. The minimum Gasteiger partial charge on any atom is -0.294 e. The zero-order valence-corrected chi connectivity index (χ0v) is 15.4. The molecule has 0 saturated heterocycles. The summed E-state index contributed by atoms with van der Waals surface area (Å²) in [7, 11) is 0. The molecule has 2 aromatic heterocycles. The number of benzene rings is 1. The van der Waals surface area contributed by atoms with Crippen LogP contribution in [0.25, 0.3) is 10.6 Å². The Balaban J connectivity index is 1.60. The summed E-state index contributed by atoms with van der Waals surface area (Å²) in [6.45, 7) is 4.19. The largest absolute Gasteiger partial charge is 0.294 e. The van der Waals surface area contributed by atoms with E-state index < -0.39 is 0 Å². The number of Topliss-reactive ketones (excluding diaryl/α,β-unsaturated/α-hetero) is 1. The van der Waals surface area contributed by atoms with E-state index in [-0.39, 0.29) is 11.2 Å². The Kier molecular flexibility index (Phi) is 4.14. The Labute approximate surface area is 156 Å². The van der Waals surface area contributed by atoms with E-state index in [2.05, 4.69) is 40.9 Å². The third-order valence-electron chi connectivity index (χ3n) is 4.30. The first-order valence-electron chi connectivity index (χ1n) is 8.44. The molecule has 0 unspecified atom stereocenters. The number of hydrogen-bond acceptors (Lipinski definition) is 5. The summed E-state index contributed by atoms with van der Waals surface area (Å²) >= 11 is 1.46. The Morgan fingerprint density at radius 3 is 2.62 bits per heavy atom. The van der Waals surface area contributed by atoms with Crippen molar-refractivity contribution in [1.29, 1.82) is 0 Å². The van der Waals surface area contributed by atoms with E-state index in [0.29, 0.717) is 17.1 Å². The van der Waals surface area contributed by atoms with Gasteiger partial charge in [-0.05, 0) is 35.8 Å². The van der Waals surface area contributed by atoms with Gasteiger partial charge < -0.3 is 0 Å². The normalized spacial score (nSPS) is 15.1. The molecule has 0 N–H and O–H groups in total.